The van der Waals surface area contributed by atoms with Gasteiger partial charge >= 0.3 is 0 Å². The highest BCUT2D eigenvalue weighted by Gasteiger charge is 1.95. The van der Waals surface area contributed by atoms with Gasteiger partial charge in [-0.2, -0.15) is 0 Å². The molecule has 0 aromatic heterocycles. The average Bonchev–Trinajstić information content (AvgIpc) is 1.85. The number of Topliss-reactive ketones (excluding diaryl/α,β-unsaturated/α-hetero) is 1. The van der Waals surface area contributed by atoms with Gasteiger partial charge < -0.3 is 5.73 Å². The van der Waals surface area contributed by atoms with E-state index in [1.807, 2.05) is 0 Å². The van der Waals surface area contributed by atoms with Gasteiger partial charge in [-0.3, -0.25) is 4.79 Å². The normalized spacial score (nSPS) is 8.44. The molecule has 0 heterocycles. The van der Waals surface area contributed by atoms with Gasteiger partial charge in [0.2, 0.25) is 0 Å². The molecule has 0 radical (unpaired) electrons. The number of carbonyl (C=O) groups excluding carboxylic acids is 1. The van der Waals surface area contributed by atoms with Crippen LogP contribution in [0.1, 0.15) is 19.3 Å². The third kappa shape index (κ3) is 5.05. The molecule has 0 spiro atoms. The molecular formula is C7H11NO. The van der Waals surface area contributed by atoms with Crippen LogP contribution in [0.2, 0.25) is 0 Å². The van der Waals surface area contributed by atoms with E-state index in [9.17, 15) is 4.79 Å². The molecule has 0 saturated carbocycles. The Labute approximate surface area is 55.4 Å². The van der Waals surface area contributed by atoms with Gasteiger partial charge in [0.25, 0.3) is 0 Å². The van der Waals surface area contributed by atoms with Crippen molar-refractivity contribution in [2.75, 3.05) is 6.54 Å². The van der Waals surface area contributed by atoms with Crippen LogP contribution in [0.25, 0.3) is 0 Å². The number of nitrogens with two attached hydrogens (primary N) is 1. The van der Waals surface area contributed by atoms with Crippen molar-refractivity contribution in [1.82, 2.24) is 0 Å². The lowest BCUT2D eigenvalue weighted by Gasteiger charge is -1.91. The Morgan fingerprint density at radius 1 is 1.67 bits per heavy atom. The molecule has 2 heteroatoms. The molecule has 0 aliphatic carbocycles. The summed E-state index contributed by atoms with van der Waals surface area (Å²) >= 11 is 0. The SMILES string of the molecule is C#CCC(=O)CCCN. The first-order valence-corrected chi connectivity index (χ1v) is 2.96. The average molecular weight is 125 g/mol. The topological polar surface area (TPSA) is 43.1 Å². The van der Waals surface area contributed by atoms with E-state index < -0.39 is 0 Å². The number of rotatable bonds is 4. The van der Waals surface area contributed by atoms with E-state index in [0.29, 0.717) is 13.0 Å². The summed E-state index contributed by atoms with van der Waals surface area (Å²) in [5.74, 6) is 2.40. The summed E-state index contributed by atoms with van der Waals surface area (Å²) in [6.07, 6.45) is 6.43. The summed E-state index contributed by atoms with van der Waals surface area (Å²) in [6.45, 7) is 0.566. The molecule has 50 valence electrons. The minimum atomic E-state index is 0.114. The Hall–Kier alpha value is -0.810. The fourth-order valence-electron chi connectivity index (χ4n) is 0.501. The molecule has 0 saturated heterocycles. The highest BCUT2D eigenvalue weighted by atomic mass is 16.1. The zero-order chi connectivity index (χ0) is 7.11. The number of terminal acetylenes is 1. The van der Waals surface area contributed by atoms with Crippen LogP contribution in [-0.4, -0.2) is 12.3 Å². The first-order valence-electron chi connectivity index (χ1n) is 2.96. The van der Waals surface area contributed by atoms with Crippen molar-refractivity contribution in [1.29, 1.82) is 0 Å². The van der Waals surface area contributed by atoms with Crippen molar-refractivity contribution in [2.24, 2.45) is 5.73 Å². The molecule has 0 fully saturated rings. The van der Waals surface area contributed by atoms with Gasteiger partial charge in [-0.1, -0.05) is 5.92 Å². The van der Waals surface area contributed by atoms with E-state index in [4.69, 9.17) is 12.2 Å². The number of hydrogen-bond acceptors (Lipinski definition) is 2. The molecule has 0 atom stereocenters. The second-order valence-electron chi connectivity index (χ2n) is 1.81. The molecule has 0 amide bonds. The van der Waals surface area contributed by atoms with Gasteiger partial charge in [-0.05, 0) is 13.0 Å². The van der Waals surface area contributed by atoms with Crippen molar-refractivity contribution < 1.29 is 4.79 Å². The Balaban J connectivity index is 3.19. The maximum Gasteiger partial charge on any atom is 0.144 e. The maximum atomic E-state index is 10.6. The summed E-state index contributed by atoms with van der Waals surface area (Å²) in [7, 11) is 0. The van der Waals surface area contributed by atoms with Crippen molar-refractivity contribution in [3.05, 3.63) is 0 Å². The monoisotopic (exact) mass is 125 g/mol. The molecule has 0 aliphatic rings. The number of hydrogen-bond donors (Lipinski definition) is 1. The lowest BCUT2D eigenvalue weighted by atomic mass is 10.2. The Morgan fingerprint density at radius 2 is 2.33 bits per heavy atom. The fourth-order valence-corrected chi connectivity index (χ4v) is 0.501. The van der Waals surface area contributed by atoms with Gasteiger partial charge in [-0.15, -0.1) is 6.42 Å². The molecule has 0 bridgehead atoms. The van der Waals surface area contributed by atoms with E-state index in [1.165, 1.54) is 0 Å². The van der Waals surface area contributed by atoms with E-state index >= 15 is 0 Å². The number of carbonyl (C=O) groups is 1. The lowest BCUT2D eigenvalue weighted by Crippen LogP contribution is -2.03. The van der Waals surface area contributed by atoms with Crippen LogP contribution >= 0.6 is 0 Å². The maximum absolute atomic E-state index is 10.6. The van der Waals surface area contributed by atoms with Crippen LogP contribution in [0, 0.1) is 12.3 Å². The summed E-state index contributed by atoms with van der Waals surface area (Å²) in [5, 5.41) is 0. The molecule has 2 N–H and O–H groups in total. The third-order valence-electron chi connectivity index (χ3n) is 0.959. The van der Waals surface area contributed by atoms with E-state index in [-0.39, 0.29) is 12.2 Å². The summed E-state index contributed by atoms with van der Waals surface area (Å²) < 4.78 is 0. The van der Waals surface area contributed by atoms with Gasteiger partial charge in [0.15, 0.2) is 0 Å². The van der Waals surface area contributed by atoms with E-state index in [1.54, 1.807) is 0 Å². The van der Waals surface area contributed by atoms with E-state index in [2.05, 4.69) is 5.92 Å². The van der Waals surface area contributed by atoms with Gasteiger partial charge in [-0.25, -0.2) is 0 Å². The minimum Gasteiger partial charge on any atom is -0.330 e. The molecular weight excluding hydrogens is 114 g/mol. The third-order valence-corrected chi connectivity index (χ3v) is 0.959. The van der Waals surface area contributed by atoms with E-state index in [0.717, 1.165) is 6.42 Å². The van der Waals surface area contributed by atoms with Crippen molar-refractivity contribution in [2.45, 2.75) is 19.3 Å². The summed E-state index contributed by atoms with van der Waals surface area (Å²) in [4.78, 5) is 10.6. The zero-order valence-electron chi connectivity index (χ0n) is 5.39. The van der Waals surface area contributed by atoms with Crippen molar-refractivity contribution in [3.63, 3.8) is 0 Å². The molecule has 9 heavy (non-hydrogen) atoms. The summed E-state index contributed by atoms with van der Waals surface area (Å²) in [5.41, 5.74) is 5.17. The van der Waals surface area contributed by atoms with Crippen molar-refractivity contribution >= 4 is 5.78 Å². The standard InChI is InChI=1S/C7H11NO/c1-2-4-7(9)5-3-6-8/h1H,3-6,8H2. The lowest BCUT2D eigenvalue weighted by molar-refractivity contribution is -0.118. The Morgan fingerprint density at radius 3 is 2.78 bits per heavy atom. The fraction of sp³-hybridized carbons (Fsp3) is 0.571. The van der Waals surface area contributed by atoms with Crippen molar-refractivity contribution in [3.8, 4) is 12.3 Å². The molecule has 0 unspecified atom stereocenters. The van der Waals surface area contributed by atoms with Gasteiger partial charge in [0.1, 0.15) is 5.78 Å². The predicted octanol–water partition coefficient (Wildman–Crippen LogP) is 0.318. The Kier molecular flexibility index (Phi) is 4.85. The second-order valence-corrected chi connectivity index (χ2v) is 1.81. The minimum absolute atomic E-state index is 0.114. The zero-order valence-corrected chi connectivity index (χ0v) is 5.39. The first kappa shape index (κ1) is 8.19. The smallest absolute Gasteiger partial charge is 0.144 e. The highest BCUT2D eigenvalue weighted by Crippen LogP contribution is 1.91. The first-order chi connectivity index (χ1) is 4.31. The highest BCUT2D eigenvalue weighted by molar-refractivity contribution is 5.80. The van der Waals surface area contributed by atoms with Crippen LogP contribution in [0.3, 0.4) is 0 Å². The van der Waals surface area contributed by atoms with Crippen LogP contribution in [-0.2, 0) is 4.79 Å². The van der Waals surface area contributed by atoms with Crippen LogP contribution in [0.5, 0.6) is 0 Å². The second kappa shape index (κ2) is 5.33. The quantitative estimate of drug-likeness (QED) is 0.550. The molecule has 0 aliphatic heterocycles. The Bertz CT molecular complexity index is 123. The van der Waals surface area contributed by atoms with Crippen LogP contribution in [0.4, 0.5) is 0 Å². The molecule has 0 aromatic carbocycles. The largest absolute Gasteiger partial charge is 0.330 e. The van der Waals surface area contributed by atoms with Gasteiger partial charge in [0, 0.05) is 6.42 Å². The van der Waals surface area contributed by atoms with Crippen LogP contribution < -0.4 is 5.73 Å². The summed E-state index contributed by atoms with van der Waals surface area (Å²) in [6, 6.07) is 0. The number of ketones is 1. The molecule has 2 nitrogen and oxygen atoms in total. The molecule has 0 rings (SSSR count). The predicted molar refractivity (Wildman–Crippen MR) is 36.7 cm³/mol. The van der Waals surface area contributed by atoms with Gasteiger partial charge in [0.05, 0.1) is 6.42 Å². The molecule has 0 aromatic rings. The van der Waals surface area contributed by atoms with Crippen LogP contribution in [0.15, 0.2) is 0 Å².